The minimum absolute atomic E-state index is 0.397. The van der Waals surface area contributed by atoms with Gasteiger partial charge in [-0.1, -0.05) is 13.8 Å². The average Bonchev–Trinajstić information content (AvgIpc) is 2.30. The summed E-state index contributed by atoms with van der Waals surface area (Å²) in [7, 11) is 0. The molecule has 0 bridgehead atoms. The van der Waals surface area contributed by atoms with E-state index in [0.29, 0.717) is 5.92 Å². The molecule has 2 heterocycles. The van der Waals surface area contributed by atoms with Crippen LogP contribution in [-0.2, 0) is 0 Å². The Morgan fingerprint density at radius 1 is 1.07 bits per heavy atom. The Bertz CT molecular complexity index is 438. The Hall–Kier alpha value is -1.77. The molecule has 0 fully saturated rings. The lowest BCUT2D eigenvalue weighted by atomic mass is 10.1. The van der Waals surface area contributed by atoms with Crippen molar-refractivity contribution in [3.63, 3.8) is 0 Å². The third-order valence-corrected chi connectivity index (χ3v) is 2.20. The second-order valence-corrected chi connectivity index (χ2v) is 3.73. The second-order valence-electron chi connectivity index (χ2n) is 3.73. The summed E-state index contributed by atoms with van der Waals surface area (Å²) in [6.45, 7) is 4.22. The van der Waals surface area contributed by atoms with Crippen LogP contribution >= 0.6 is 0 Å². The van der Waals surface area contributed by atoms with Crippen LogP contribution in [0.3, 0.4) is 0 Å². The normalized spacial score (nSPS) is 10.6. The van der Waals surface area contributed by atoms with Gasteiger partial charge in [0.05, 0.1) is 17.6 Å². The molecule has 0 N–H and O–H groups in total. The number of hydrogen-bond donors (Lipinski definition) is 0. The van der Waals surface area contributed by atoms with Crippen LogP contribution in [0.1, 0.15) is 25.5 Å². The lowest BCUT2D eigenvalue weighted by molar-refractivity contribution is 0.814. The van der Waals surface area contributed by atoms with Gasteiger partial charge in [0.25, 0.3) is 0 Å². The van der Waals surface area contributed by atoms with Crippen LogP contribution in [0.2, 0.25) is 0 Å². The number of rotatable bonds is 2. The van der Waals surface area contributed by atoms with E-state index in [1.807, 2.05) is 18.3 Å². The average molecular weight is 199 g/mol. The number of aromatic nitrogens is 3. The third-order valence-electron chi connectivity index (χ3n) is 2.20. The van der Waals surface area contributed by atoms with Gasteiger partial charge in [-0.2, -0.15) is 0 Å². The van der Waals surface area contributed by atoms with Crippen LogP contribution in [0.5, 0.6) is 0 Å². The molecular formula is C12H13N3. The van der Waals surface area contributed by atoms with E-state index in [-0.39, 0.29) is 0 Å². The monoisotopic (exact) mass is 199 g/mol. The zero-order chi connectivity index (χ0) is 10.7. The Morgan fingerprint density at radius 3 is 2.60 bits per heavy atom. The number of pyridine rings is 1. The summed E-state index contributed by atoms with van der Waals surface area (Å²) in [5, 5.41) is 0. The van der Waals surface area contributed by atoms with E-state index in [1.54, 1.807) is 18.6 Å². The first-order valence-corrected chi connectivity index (χ1v) is 4.99. The molecule has 0 unspecified atom stereocenters. The molecule has 0 aliphatic rings. The van der Waals surface area contributed by atoms with E-state index in [2.05, 4.69) is 28.8 Å². The summed E-state index contributed by atoms with van der Waals surface area (Å²) in [5.74, 6) is 0.397. The summed E-state index contributed by atoms with van der Waals surface area (Å²) in [6, 6.07) is 3.89. The SMILES string of the molecule is CC(C)c1cncc(-c2cccnc2)n1. The topological polar surface area (TPSA) is 38.7 Å². The van der Waals surface area contributed by atoms with Crippen molar-refractivity contribution in [3.8, 4) is 11.3 Å². The predicted octanol–water partition coefficient (Wildman–Crippen LogP) is 2.66. The minimum atomic E-state index is 0.397. The molecule has 15 heavy (non-hydrogen) atoms. The zero-order valence-electron chi connectivity index (χ0n) is 8.88. The molecule has 0 amide bonds. The van der Waals surface area contributed by atoms with Gasteiger partial charge in [0.15, 0.2) is 0 Å². The fraction of sp³-hybridized carbons (Fsp3) is 0.250. The first kappa shape index (κ1) is 9.77. The molecule has 2 aromatic heterocycles. The Kier molecular flexibility index (Phi) is 2.72. The molecule has 0 aliphatic heterocycles. The number of nitrogens with zero attached hydrogens (tertiary/aromatic N) is 3. The molecule has 2 rings (SSSR count). The van der Waals surface area contributed by atoms with E-state index in [1.165, 1.54) is 0 Å². The van der Waals surface area contributed by atoms with Crippen molar-refractivity contribution in [1.82, 2.24) is 15.0 Å². The quantitative estimate of drug-likeness (QED) is 0.746. The molecule has 3 nitrogen and oxygen atoms in total. The second kappa shape index (κ2) is 4.17. The predicted molar refractivity (Wildman–Crippen MR) is 59.4 cm³/mol. The van der Waals surface area contributed by atoms with Crippen LogP contribution in [0, 0.1) is 0 Å². The largest absolute Gasteiger partial charge is 0.264 e. The van der Waals surface area contributed by atoms with Crippen molar-refractivity contribution in [2.75, 3.05) is 0 Å². The van der Waals surface area contributed by atoms with Crippen molar-refractivity contribution in [1.29, 1.82) is 0 Å². The van der Waals surface area contributed by atoms with Crippen LogP contribution in [0.25, 0.3) is 11.3 Å². The van der Waals surface area contributed by atoms with Crippen molar-refractivity contribution in [3.05, 3.63) is 42.6 Å². The van der Waals surface area contributed by atoms with E-state index in [9.17, 15) is 0 Å². The lowest BCUT2D eigenvalue weighted by Gasteiger charge is -2.05. The van der Waals surface area contributed by atoms with E-state index in [0.717, 1.165) is 17.0 Å². The summed E-state index contributed by atoms with van der Waals surface area (Å²) in [5.41, 5.74) is 2.90. The van der Waals surface area contributed by atoms with Gasteiger partial charge in [-0.05, 0) is 18.1 Å². The molecule has 0 spiro atoms. The fourth-order valence-electron chi connectivity index (χ4n) is 1.31. The van der Waals surface area contributed by atoms with Gasteiger partial charge in [0.1, 0.15) is 0 Å². The summed E-state index contributed by atoms with van der Waals surface area (Å²) in [6.07, 6.45) is 7.13. The van der Waals surface area contributed by atoms with Gasteiger partial charge >= 0.3 is 0 Å². The Balaban J connectivity index is 2.42. The molecule has 0 saturated carbocycles. The highest BCUT2D eigenvalue weighted by atomic mass is 14.8. The Labute approximate surface area is 89.2 Å². The maximum atomic E-state index is 4.54. The highest BCUT2D eigenvalue weighted by Gasteiger charge is 2.04. The van der Waals surface area contributed by atoms with Gasteiger partial charge in [-0.3, -0.25) is 9.97 Å². The molecule has 0 saturated heterocycles. The van der Waals surface area contributed by atoms with Gasteiger partial charge < -0.3 is 0 Å². The molecule has 76 valence electrons. The maximum Gasteiger partial charge on any atom is 0.0904 e. The van der Waals surface area contributed by atoms with Gasteiger partial charge in [0, 0.05) is 24.2 Å². The molecule has 3 heteroatoms. The zero-order valence-corrected chi connectivity index (χ0v) is 8.88. The lowest BCUT2D eigenvalue weighted by Crippen LogP contribution is -1.96. The molecular weight excluding hydrogens is 186 g/mol. The van der Waals surface area contributed by atoms with E-state index < -0.39 is 0 Å². The summed E-state index contributed by atoms with van der Waals surface area (Å²) < 4.78 is 0. The van der Waals surface area contributed by atoms with Crippen molar-refractivity contribution >= 4 is 0 Å². The first-order chi connectivity index (χ1) is 7.27. The minimum Gasteiger partial charge on any atom is -0.264 e. The summed E-state index contributed by atoms with van der Waals surface area (Å²) >= 11 is 0. The van der Waals surface area contributed by atoms with Crippen molar-refractivity contribution < 1.29 is 0 Å². The highest BCUT2D eigenvalue weighted by molar-refractivity contribution is 5.56. The molecule has 2 aromatic rings. The standard InChI is InChI=1S/C12H13N3/c1-9(2)11-7-14-8-12(15-11)10-4-3-5-13-6-10/h3-9H,1-2H3. The van der Waals surface area contributed by atoms with Crippen LogP contribution < -0.4 is 0 Å². The molecule has 0 aromatic carbocycles. The van der Waals surface area contributed by atoms with E-state index >= 15 is 0 Å². The van der Waals surface area contributed by atoms with Crippen LogP contribution in [0.4, 0.5) is 0 Å². The molecule has 0 aliphatic carbocycles. The number of hydrogen-bond acceptors (Lipinski definition) is 3. The summed E-state index contributed by atoms with van der Waals surface area (Å²) in [4.78, 5) is 12.8. The fourth-order valence-corrected chi connectivity index (χ4v) is 1.31. The van der Waals surface area contributed by atoms with Gasteiger partial charge in [-0.25, -0.2) is 4.98 Å². The smallest absolute Gasteiger partial charge is 0.0904 e. The van der Waals surface area contributed by atoms with Crippen molar-refractivity contribution in [2.45, 2.75) is 19.8 Å². The van der Waals surface area contributed by atoms with Gasteiger partial charge in [0.2, 0.25) is 0 Å². The van der Waals surface area contributed by atoms with Crippen LogP contribution in [-0.4, -0.2) is 15.0 Å². The van der Waals surface area contributed by atoms with E-state index in [4.69, 9.17) is 0 Å². The molecule has 0 atom stereocenters. The first-order valence-electron chi connectivity index (χ1n) is 4.99. The third kappa shape index (κ3) is 2.18. The highest BCUT2D eigenvalue weighted by Crippen LogP contribution is 2.17. The van der Waals surface area contributed by atoms with Crippen LogP contribution in [0.15, 0.2) is 36.9 Å². The maximum absolute atomic E-state index is 4.54. The Morgan fingerprint density at radius 2 is 1.93 bits per heavy atom. The van der Waals surface area contributed by atoms with Crippen molar-refractivity contribution in [2.24, 2.45) is 0 Å². The van der Waals surface area contributed by atoms with Gasteiger partial charge in [-0.15, -0.1) is 0 Å². The molecule has 0 radical (unpaired) electrons.